The van der Waals surface area contributed by atoms with Crippen LogP contribution in [0.1, 0.15) is 57.6 Å². The minimum absolute atomic E-state index is 0.00473. The number of hydrogen-bond donors (Lipinski definition) is 2. The zero-order valence-electron chi connectivity index (χ0n) is 15.3. The fourth-order valence-corrected chi connectivity index (χ4v) is 4.54. The third kappa shape index (κ3) is 3.54. The zero-order chi connectivity index (χ0) is 17.6. The average Bonchev–Trinajstić information content (AvgIpc) is 3.18. The fraction of sp³-hybridized carbons (Fsp3) is 0.789. The van der Waals surface area contributed by atoms with E-state index in [9.17, 15) is 9.90 Å². The SMILES string of the molecule is CC(C)Cn1ncc(NC(=O)N2CC3CCC(O)CC3C2)c1C1CC1. The Labute approximate surface area is 149 Å². The number of anilines is 1. The van der Waals surface area contributed by atoms with Crippen molar-refractivity contribution < 1.29 is 9.90 Å². The van der Waals surface area contributed by atoms with Crippen LogP contribution in [0.4, 0.5) is 10.5 Å². The molecule has 2 aliphatic carbocycles. The Balaban J connectivity index is 1.44. The molecule has 3 fully saturated rings. The summed E-state index contributed by atoms with van der Waals surface area (Å²) in [6.45, 7) is 6.87. The summed E-state index contributed by atoms with van der Waals surface area (Å²) in [6, 6.07) is -0.00473. The highest BCUT2D eigenvalue weighted by Gasteiger charge is 2.39. The number of aromatic nitrogens is 2. The summed E-state index contributed by atoms with van der Waals surface area (Å²) in [4.78, 5) is 14.7. The highest BCUT2D eigenvalue weighted by atomic mass is 16.3. The first kappa shape index (κ1) is 16.9. The number of amides is 2. The molecule has 0 aromatic carbocycles. The Bertz CT molecular complexity index is 637. The van der Waals surface area contributed by atoms with Gasteiger partial charge in [0.25, 0.3) is 0 Å². The number of nitrogens with one attached hydrogen (secondary N) is 1. The van der Waals surface area contributed by atoms with Crippen LogP contribution in [0.25, 0.3) is 0 Å². The van der Waals surface area contributed by atoms with E-state index < -0.39 is 0 Å². The first-order valence-electron chi connectivity index (χ1n) is 9.81. The van der Waals surface area contributed by atoms with Crippen LogP contribution < -0.4 is 5.32 Å². The van der Waals surface area contributed by atoms with Crippen molar-refractivity contribution in [2.45, 2.75) is 64.5 Å². The minimum Gasteiger partial charge on any atom is -0.393 e. The van der Waals surface area contributed by atoms with Crippen LogP contribution >= 0.6 is 0 Å². The molecule has 2 heterocycles. The summed E-state index contributed by atoms with van der Waals surface area (Å²) in [5.41, 5.74) is 2.09. The number of rotatable bonds is 4. The lowest BCUT2D eigenvalue weighted by Crippen LogP contribution is -2.33. The molecule has 0 bridgehead atoms. The number of hydrogen-bond acceptors (Lipinski definition) is 3. The second-order valence-electron chi connectivity index (χ2n) is 8.62. The molecule has 3 unspecified atom stereocenters. The molecule has 3 atom stereocenters. The number of carbonyl (C=O) groups excluding carboxylic acids is 1. The average molecular weight is 346 g/mol. The molecule has 3 aliphatic rings. The smallest absolute Gasteiger partial charge is 0.321 e. The van der Waals surface area contributed by atoms with Gasteiger partial charge in [-0.25, -0.2) is 4.79 Å². The lowest BCUT2D eigenvalue weighted by atomic mass is 9.80. The van der Waals surface area contributed by atoms with Crippen molar-refractivity contribution in [1.29, 1.82) is 0 Å². The molecule has 6 nitrogen and oxygen atoms in total. The minimum atomic E-state index is -0.181. The molecule has 1 aromatic heterocycles. The molecule has 25 heavy (non-hydrogen) atoms. The van der Waals surface area contributed by atoms with Crippen LogP contribution in [0.3, 0.4) is 0 Å². The lowest BCUT2D eigenvalue weighted by molar-refractivity contribution is 0.0866. The van der Waals surface area contributed by atoms with E-state index in [0.717, 1.165) is 44.6 Å². The van der Waals surface area contributed by atoms with E-state index >= 15 is 0 Å². The van der Waals surface area contributed by atoms with Crippen LogP contribution in [0, 0.1) is 17.8 Å². The molecule has 0 spiro atoms. The van der Waals surface area contributed by atoms with E-state index in [4.69, 9.17) is 0 Å². The first-order chi connectivity index (χ1) is 12.0. The van der Waals surface area contributed by atoms with Gasteiger partial charge in [0.1, 0.15) is 0 Å². The molecule has 2 N–H and O–H groups in total. The Hall–Kier alpha value is -1.56. The summed E-state index contributed by atoms with van der Waals surface area (Å²) in [7, 11) is 0. The predicted molar refractivity (Wildman–Crippen MR) is 96.5 cm³/mol. The Morgan fingerprint density at radius 2 is 2.04 bits per heavy atom. The van der Waals surface area contributed by atoms with E-state index in [1.54, 1.807) is 0 Å². The maximum absolute atomic E-state index is 12.8. The van der Waals surface area contributed by atoms with Gasteiger partial charge < -0.3 is 15.3 Å². The summed E-state index contributed by atoms with van der Waals surface area (Å²) < 4.78 is 2.08. The fourth-order valence-electron chi connectivity index (χ4n) is 4.54. The van der Waals surface area contributed by atoms with Crippen molar-refractivity contribution in [3.8, 4) is 0 Å². The number of carbonyl (C=O) groups is 1. The normalized spacial score (nSPS) is 29.1. The third-order valence-corrected chi connectivity index (χ3v) is 5.93. The van der Waals surface area contributed by atoms with Gasteiger partial charge in [-0.05, 0) is 49.9 Å². The van der Waals surface area contributed by atoms with Crippen LogP contribution in [0.15, 0.2) is 6.20 Å². The van der Waals surface area contributed by atoms with Crippen molar-refractivity contribution in [3.05, 3.63) is 11.9 Å². The first-order valence-corrected chi connectivity index (χ1v) is 9.81. The van der Waals surface area contributed by atoms with Crippen molar-refractivity contribution in [2.75, 3.05) is 18.4 Å². The molecular formula is C19H30N4O2. The number of urea groups is 1. The molecule has 4 rings (SSSR count). The largest absolute Gasteiger partial charge is 0.393 e. The second kappa shape index (κ2) is 6.63. The number of nitrogens with zero attached hydrogens (tertiary/aromatic N) is 3. The Kier molecular flexibility index (Phi) is 4.48. The van der Waals surface area contributed by atoms with Crippen LogP contribution in [0.5, 0.6) is 0 Å². The maximum Gasteiger partial charge on any atom is 0.321 e. The van der Waals surface area contributed by atoms with E-state index in [1.165, 1.54) is 18.5 Å². The van der Waals surface area contributed by atoms with Gasteiger partial charge in [-0.2, -0.15) is 5.10 Å². The van der Waals surface area contributed by atoms with E-state index in [0.29, 0.717) is 23.7 Å². The molecular weight excluding hydrogens is 316 g/mol. The highest BCUT2D eigenvalue weighted by molar-refractivity contribution is 5.90. The third-order valence-electron chi connectivity index (χ3n) is 5.93. The number of aliphatic hydroxyl groups excluding tert-OH is 1. The molecule has 2 amide bonds. The summed E-state index contributed by atoms with van der Waals surface area (Å²) >= 11 is 0. The summed E-state index contributed by atoms with van der Waals surface area (Å²) in [6.07, 6.45) is 6.78. The van der Waals surface area contributed by atoms with Crippen LogP contribution in [-0.2, 0) is 6.54 Å². The quantitative estimate of drug-likeness (QED) is 0.880. The molecule has 1 aromatic rings. The number of likely N-dealkylation sites (tertiary alicyclic amines) is 1. The Morgan fingerprint density at radius 3 is 2.76 bits per heavy atom. The second-order valence-corrected chi connectivity index (χ2v) is 8.62. The topological polar surface area (TPSA) is 70.4 Å². The molecule has 0 radical (unpaired) electrons. The van der Waals surface area contributed by atoms with Gasteiger partial charge >= 0.3 is 6.03 Å². The molecule has 6 heteroatoms. The zero-order valence-corrected chi connectivity index (χ0v) is 15.3. The highest BCUT2D eigenvalue weighted by Crippen LogP contribution is 2.44. The van der Waals surface area contributed by atoms with Gasteiger partial charge in [0.05, 0.1) is 23.7 Å². The van der Waals surface area contributed by atoms with Crippen molar-refractivity contribution >= 4 is 11.7 Å². The van der Waals surface area contributed by atoms with Gasteiger partial charge in [-0.15, -0.1) is 0 Å². The molecule has 138 valence electrons. The van der Waals surface area contributed by atoms with Gasteiger partial charge in [0.15, 0.2) is 0 Å². The molecule has 1 aliphatic heterocycles. The van der Waals surface area contributed by atoms with Gasteiger partial charge in [-0.3, -0.25) is 4.68 Å². The number of aliphatic hydroxyl groups is 1. The summed E-state index contributed by atoms with van der Waals surface area (Å²) in [5.74, 6) is 2.10. The van der Waals surface area contributed by atoms with Gasteiger partial charge in [0.2, 0.25) is 0 Å². The molecule has 1 saturated heterocycles. The van der Waals surface area contributed by atoms with E-state index in [1.807, 2.05) is 11.1 Å². The van der Waals surface area contributed by atoms with Gasteiger partial charge in [0, 0.05) is 25.6 Å². The standard InChI is InChI=1S/C19H30N4O2/c1-12(2)9-23-18(13-3-4-13)17(8-20-23)21-19(25)22-10-14-5-6-16(24)7-15(14)11-22/h8,12-16,24H,3-7,9-11H2,1-2H3,(H,21,25). The number of fused-ring (bicyclic) bond motifs is 1. The maximum atomic E-state index is 12.8. The predicted octanol–water partition coefficient (Wildman–Crippen LogP) is 3.04. The van der Waals surface area contributed by atoms with Gasteiger partial charge in [-0.1, -0.05) is 13.8 Å². The van der Waals surface area contributed by atoms with Crippen LogP contribution in [-0.4, -0.2) is 45.0 Å². The van der Waals surface area contributed by atoms with Crippen molar-refractivity contribution in [2.24, 2.45) is 17.8 Å². The Morgan fingerprint density at radius 1 is 1.28 bits per heavy atom. The van der Waals surface area contributed by atoms with Crippen LogP contribution in [0.2, 0.25) is 0 Å². The summed E-state index contributed by atoms with van der Waals surface area (Å²) in [5, 5.41) is 17.5. The van der Waals surface area contributed by atoms with E-state index in [2.05, 4.69) is 28.9 Å². The lowest BCUT2D eigenvalue weighted by Gasteiger charge is -2.27. The molecule has 2 saturated carbocycles. The van der Waals surface area contributed by atoms with Crippen molar-refractivity contribution in [1.82, 2.24) is 14.7 Å². The van der Waals surface area contributed by atoms with Crippen molar-refractivity contribution in [3.63, 3.8) is 0 Å². The monoisotopic (exact) mass is 346 g/mol. The van der Waals surface area contributed by atoms with E-state index in [-0.39, 0.29) is 12.1 Å².